The summed E-state index contributed by atoms with van der Waals surface area (Å²) in [7, 11) is 1.61. The van der Waals surface area contributed by atoms with Crippen LogP contribution in [0.4, 0.5) is 31.0 Å². The SMILES string of the molecule is Cc1noc(C)c1NC(=O)N(C)C[C@@H]1Oc2c(NC(=O)Nc3ccc(F)cc3)cccc2C(=O)N([C@H](C)CO)C[C@@H]1C. The molecule has 0 spiro atoms. The van der Waals surface area contributed by atoms with Crippen LogP contribution in [0.3, 0.4) is 0 Å². The van der Waals surface area contributed by atoms with E-state index in [9.17, 15) is 23.9 Å². The maximum absolute atomic E-state index is 13.7. The van der Waals surface area contributed by atoms with E-state index >= 15 is 0 Å². The maximum Gasteiger partial charge on any atom is 0.323 e. The Morgan fingerprint density at radius 1 is 1.17 bits per heavy atom. The van der Waals surface area contributed by atoms with Crippen molar-refractivity contribution in [3.05, 3.63) is 65.3 Å². The monoisotopic (exact) mass is 582 g/mol. The molecule has 1 aliphatic rings. The molecular formula is C29H35FN6O6. The summed E-state index contributed by atoms with van der Waals surface area (Å²) < 4.78 is 24.8. The first-order valence-corrected chi connectivity index (χ1v) is 13.5. The van der Waals surface area contributed by atoms with Gasteiger partial charge in [0, 0.05) is 25.2 Å². The lowest BCUT2D eigenvalue weighted by Crippen LogP contribution is -2.50. The molecule has 13 heteroatoms. The number of aliphatic hydroxyl groups excluding tert-OH is 1. The van der Waals surface area contributed by atoms with E-state index in [4.69, 9.17) is 9.26 Å². The van der Waals surface area contributed by atoms with Crippen molar-refractivity contribution in [3.63, 3.8) is 0 Å². The number of rotatable bonds is 7. The second-order valence-electron chi connectivity index (χ2n) is 10.4. The van der Waals surface area contributed by atoms with E-state index in [2.05, 4.69) is 21.1 Å². The Bertz CT molecular complexity index is 1430. The topological polar surface area (TPSA) is 149 Å². The highest BCUT2D eigenvalue weighted by atomic mass is 19.1. The summed E-state index contributed by atoms with van der Waals surface area (Å²) in [6.07, 6.45) is -0.617. The summed E-state index contributed by atoms with van der Waals surface area (Å²) in [5.41, 5.74) is 1.80. The van der Waals surface area contributed by atoms with Crippen molar-refractivity contribution in [2.45, 2.75) is 39.8 Å². The van der Waals surface area contributed by atoms with Gasteiger partial charge in [0.1, 0.15) is 23.3 Å². The number of likely N-dealkylation sites (N-methyl/N-ethyl adjacent to an activating group) is 1. The molecule has 0 fully saturated rings. The molecule has 3 aromatic rings. The van der Waals surface area contributed by atoms with Gasteiger partial charge >= 0.3 is 12.1 Å². The fourth-order valence-corrected chi connectivity index (χ4v) is 4.59. The maximum atomic E-state index is 13.7. The second kappa shape index (κ2) is 12.9. The summed E-state index contributed by atoms with van der Waals surface area (Å²) in [6.45, 7) is 7.17. The third-order valence-corrected chi connectivity index (χ3v) is 7.11. The van der Waals surface area contributed by atoms with Crippen molar-refractivity contribution in [2.75, 3.05) is 42.7 Å². The number of nitrogens with zero attached hydrogens (tertiary/aromatic N) is 3. The summed E-state index contributed by atoms with van der Waals surface area (Å²) in [5, 5.41) is 21.9. The van der Waals surface area contributed by atoms with Crippen LogP contribution >= 0.6 is 0 Å². The molecule has 2 aromatic carbocycles. The van der Waals surface area contributed by atoms with Gasteiger partial charge in [0.2, 0.25) is 0 Å². The standard InChI is InChI=1S/C29H35FN6O6/c1-16-13-36(17(2)15-37)27(38)22-7-6-8-23(32-28(39)31-21-11-9-20(30)10-12-21)26(22)41-24(16)14-35(5)29(40)33-25-18(3)34-42-19(25)4/h6-12,16-17,24,37H,13-15H2,1-5H3,(H,33,40)(H2,31,32,39)/t16-,17+,24-/m0/s1. The lowest BCUT2D eigenvalue weighted by Gasteiger charge is -2.38. The van der Waals surface area contributed by atoms with Crippen LogP contribution in [0.15, 0.2) is 47.0 Å². The third-order valence-electron chi connectivity index (χ3n) is 7.11. The van der Waals surface area contributed by atoms with E-state index in [1.165, 1.54) is 29.2 Å². The Labute approximate surface area is 242 Å². The van der Waals surface area contributed by atoms with Gasteiger partial charge in [-0.3, -0.25) is 4.79 Å². The van der Waals surface area contributed by atoms with Crippen LogP contribution in [0.1, 0.15) is 35.7 Å². The predicted octanol–water partition coefficient (Wildman–Crippen LogP) is 4.46. The average Bonchev–Trinajstić information content (AvgIpc) is 3.28. The number of carbonyl (C=O) groups is 3. The minimum Gasteiger partial charge on any atom is -0.485 e. The Morgan fingerprint density at radius 3 is 2.52 bits per heavy atom. The molecule has 0 radical (unpaired) electrons. The van der Waals surface area contributed by atoms with Crippen LogP contribution in [0.2, 0.25) is 0 Å². The molecule has 42 heavy (non-hydrogen) atoms. The molecular weight excluding hydrogens is 547 g/mol. The molecule has 0 aliphatic carbocycles. The lowest BCUT2D eigenvalue weighted by molar-refractivity contribution is 0.0373. The number of urea groups is 2. The summed E-state index contributed by atoms with van der Waals surface area (Å²) in [5.74, 6) is -0.497. The van der Waals surface area contributed by atoms with Crippen molar-refractivity contribution in [3.8, 4) is 5.75 Å². The summed E-state index contributed by atoms with van der Waals surface area (Å²) in [6, 6.07) is 8.52. The van der Waals surface area contributed by atoms with Crippen molar-refractivity contribution < 1.29 is 33.1 Å². The average molecular weight is 583 g/mol. The van der Waals surface area contributed by atoms with Gasteiger partial charge in [-0.1, -0.05) is 18.1 Å². The highest BCUT2D eigenvalue weighted by Crippen LogP contribution is 2.35. The van der Waals surface area contributed by atoms with Crippen molar-refractivity contribution in [1.82, 2.24) is 15.0 Å². The first-order chi connectivity index (χ1) is 20.0. The summed E-state index contributed by atoms with van der Waals surface area (Å²) in [4.78, 5) is 42.6. The number of fused-ring (bicyclic) bond motifs is 1. The van der Waals surface area contributed by atoms with E-state index in [0.717, 1.165) is 0 Å². The van der Waals surface area contributed by atoms with Gasteiger partial charge in [-0.15, -0.1) is 0 Å². The van der Waals surface area contributed by atoms with Gasteiger partial charge in [0.05, 0.1) is 30.4 Å². The van der Waals surface area contributed by atoms with Gasteiger partial charge in [0.25, 0.3) is 5.91 Å². The van der Waals surface area contributed by atoms with Gasteiger partial charge in [-0.2, -0.15) is 0 Å². The summed E-state index contributed by atoms with van der Waals surface area (Å²) >= 11 is 0. The minimum absolute atomic E-state index is 0.126. The lowest BCUT2D eigenvalue weighted by atomic mass is 9.99. The van der Waals surface area contributed by atoms with Crippen LogP contribution in [0.25, 0.3) is 0 Å². The molecule has 0 unspecified atom stereocenters. The highest BCUT2D eigenvalue weighted by Gasteiger charge is 2.35. The van der Waals surface area contributed by atoms with E-state index in [0.29, 0.717) is 22.8 Å². The van der Waals surface area contributed by atoms with Crippen molar-refractivity contribution >= 4 is 35.0 Å². The second-order valence-corrected chi connectivity index (χ2v) is 10.4. The van der Waals surface area contributed by atoms with Crippen LogP contribution < -0.4 is 20.7 Å². The molecule has 1 aliphatic heterocycles. The number of hydrogen-bond acceptors (Lipinski definition) is 7. The van der Waals surface area contributed by atoms with Crippen LogP contribution in [0, 0.1) is 25.6 Å². The quantitative estimate of drug-likeness (QED) is 0.321. The van der Waals surface area contributed by atoms with Crippen molar-refractivity contribution in [1.29, 1.82) is 0 Å². The van der Waals surface area contributed by atoms with E-state index in [1.54, 1.807) is 50.9 Å². The number of ether oxygens (including phenoxy) is 1. The zero-order valence-corrected chi connectivity index (χ0v) is 24.1. The predicted molar refractivity (Wildman–Crippen MR) is 154 cm³/mol. The van der Waals surface area contributed by atoms with Gasteiger partial charge < -0.3 is 40.1 Å². The third kappa shape index (κ3) is 6.79. The number of aromatic nitrogens is 1. The zero-order valence-electron chi connectivity index (χ0n) is 24.1. The van der Waals surface area contributed by atoms with E-state index in [1.807, 2.05) is 6.92 Å². The normalized spacial score (nSPS) is 17.3. The molecule has 0 saturated carbocycles. The largest absolute Gasteiger partial charge is 0.485 e. The van der Waals surface area contributed by atoms with Crippen LogP contribution in [-0.4, -0.2) is 76.9 Å². The number of halogens is 1. The van der Waals surface area contributed by atoms with E-state index < -0.39 is 30.0 Å². The zero-order chi connectivity index (χ0) is 30.6. The first-order valence-electron chi connectivity index (χ1n) is 13.5. The minimum atomic E-state index is -0.630. The molecule has 4 rings (SSSR count). The Morgan fingerprint density at radius 2 is 1.88 bits per heavy atom. The number of anilines is 3. The molecule has 224 valence electrons. The Kier molecular flexibility index (Phi) is 9.31. The van der Waals surface area contributed by atoms with Crippen molar-refractivity contribution in [2.24, 2.45) is 5.92 Å². The van der Waals surface area contributed by atoms with Crippen LogP contribution in [-0.2, 0) is 0 Å². The smallest absolute Gasteiger partial charge is 0.323 e. The molecule has 4 N–H and O–H groups in total. The molecule has 3 atom stereocenters. The van der Waals surface area contributed by atoms with Crippen LogP contribution in [0.5, 0.6) is 5.75 Å². The molecule has 5 amide bonds. The molecule has 2 heterocycles. The molecule has 1 aromatic heterocycles. The van der Waals surface area contributed by atoms with Gasteiger partial charge in [0.15, 0.2) is 11.5 Å². The Balaban J connectivity index is 1.62. The number of aliphatic hydroxyl groups is 1. The number of nitrogens with one attached hydrogen (secondary N) is 3. The molecule has 12 nitrogen and oxygen atoms in total. The fourth-order valence-electron chi connectivity index (χ4n) is 4.59. The number of carbonyl (C=O) groups excluding carboxylic acids is 3. The molecule has 0 saturated heterocycles. The number of para-hydroxylation sites is 1. The fraction of sp³-hybridized carbons (Fsp3) is 0.379. The highest BCUT2D eigenvalue weighted by molar-refractivity contribution is 6.04. The first kappa shape index (κ1) is 30.3. The number of hydrogen-bond donors (Lipinski definition) is 4. The van der Waals surface area contributed by atoms with Gasteiger partial charge in [-0.05, 0) is 57.2 Å². The molecule has 0 bridgehead atoms. The Hall–Kier alpha value is -4.65. The van der Waals surface area contributed by atoms with Gasteiger partial charge in [-0.25, -0.2) is 14.0 Å². The van der Waals surface area contributed by atoms with E-state index in [-0.39, 0.29) is 48.5 Å². The number of amides is 5. The number of aryl methyl sites for hydroxylation is 2. The number of benzene rings is 2.